The van der Waals surface area contributed by atoms with E-state index in [1.54, 1.807) is 6.07 Å². The van der Waals surface area contributed by atoms with E-state index in [4.69, 9.17) is 5.11 Å². The van der Waals surface area contributed by atoms with Gasteiger partial charge in [-0.1, -0.05) is 71.9 Å². The lowest BCUT2D eigenvalue weighted by Gasteiger charge is -2.25. The fourth-order valence-corrected chi connectivity index (χ4v) is 4.56. The minimum absolute atomic E-state index is 0.0689. The molecular weight excluding hydrogens is 443 g/mol. The van der Waals surface area contributed by atoms with Crippen LogP contribution in [0.3, 0.4) is 0 Å². The van der Waals surface area contributed by atoms with Gasteiger partial charge in [0.05, 0.1) is 5.56 Å². The first kappa shape index (κ1) is 24.1. The second-order valence-electron chi connectivity index (χ2n) is 8.86. The molecule has 2 unspecified atom stereocenters. The molecule has 0 saturated heterocycles. The first-order chi connectivity index (χ1) is 16.9. The van der Waals surface area contributed by atoms with Gasteiger partial charge in [0.25, 0.3) is 0 Å². The highest BCUT2D eigenvalue weighted by Gasteiger charge is 2.25. The predicted molar refractivity (Wildman–Crippen MR) is 136 cm³/mol. The fourth-order valence-electron chi connectivity index (χ4n) is 4.56. The molecule has 0 saturated carbocycles. The molecule has 178 valence electrons. The zero-order valence-corrected chi connectivity index (χ0v) is 19.7. The van der Waals surface area contributed by atoms with Crippen LogP contribution < -0.4 is 0 Å². The van der Waals surface area contributed by atoms with E-state index < -0.39 is 17.8 Å². The number of benzene rings is 3. The van der Waals surface area contributed by atoms with Crippen molar-refractivity contribution in [1.82, 2.24) is 4.90 Å². The van der Waals surface area contributed by atoms with E-state index in [9.17, 15) is 14.1 Å². The van der Waals surface area contributed by atoms with E-state index >= 15 is 0 Å². The van der Waals surface area contributed by atoms with E-state index in [1.807, 2.05) is 66.7 Å². The van der Waals surface area contributed by atoms with Crippen LogP contribution in [-0.2, 0) is 0 Å². The number of aryl methyl sites for hydroxylation is 1. The molecule has 0 bridgehead atoms. The summed E-state index contributed by atoms with van der Waals surface area (Å²) in [4.78, 5) is 25.1. The van der Waals surface area contributed by atoms with Crippen LogP contribution in [0.4, 0.5) is 4.39 Å². The topological polar surface area (TPSA) is 70.0 Å². The SMILES string of the molecule is Cc1ccccc1C(CC(N=O)C1=CN(C)CC=C1)c1ccc(-c2ccc(C(=O)O)c(F)c2)cc1. The number of hydrogen-bond acceptors (Lipinski definition) is 4. The molecule has 3 aromatic rings. The van der Waals surface area contributed by atoms with Crippen molar-refractivity contribution < 1.29 is 14.3 Å². The van der Waals surface area contributed by atoms with E-state index in [-0.39, 0.29) is 11.5 Å². The number of carboxylic acids is 1. The molecule has 2 atom stereocenters. The van der Waals surface area contributed by atoms with Crippen LogP contribution >= 0.6 is 0 Å². The summed E-state index contributed by atoms with van der Waals surface area (Å²) in [5.74, 6) is -2.13. The number of carboxylic acid groups (broad SMARTS) is 1. The van der Waals surface area contributed by atoms with Crippen LogP contribution in [0, 0.1) is 17.6 Å². The first-order valence-corrected chi connectivity index (χ1v) is 11.5. The second-order valence-corrected chi connectivity index (χ2v) is 8.86. The summed E-state index contributed by atoms with van der Waals surface area (Å²) in [6.45, 7) is 2.85. The molecule has 0 fully saturated rings. The number of carbonyl (C=O) groups is 1. The van der Waals surface area contributed by atoms with E-state index in [0.29, 0.717) is 12.0 Å². The Morgan fingerprint density at radius 2 is 1.80 bits per heavy atom. The molecule has 0 aromatic heterocycles. The fraction of sp³-hybridized carbons (Fsp3) is 0.207. The third-order valence-electron chi connectivity index (χ3n) is 6.45. The number of nitroso groups, excluding NO2 is 1. The van der Waals surface area contributed by atoms with Crippen molar-refractivity contribution in [2.45, 2.75) is 25.3 Å². The average molecular weight is 471 g/mol. The monoisotopic (exact) mass is 470 g/mol. The van der Waals surface area contributed by atoms with Crippen molar-refractivity contribution in [2.24, 2.45) is 5.18 Å². The third kappa shape index (κ3) is 5.38. The normalized spacial score (nSPS) is 14.8. The molecular formula is C29H27FN2O3. The van der Waals surface area contributed by atoms with Gasteiger partial charge in [-0.25, -0.2) is 9.18 Å². The molecule has 1 N–H and O–H groups in total. The minimum Gasteiger partial charge on any atom is -0.478 e. The maximum absolute atomic E-state index is 14.2. The molecule has 3 aromatic carbocycles. The van der Waals surface area contributed by atoms with Gasteiger partial charge >= 0.3 is 5.97 Å². The van der Waals surface area contributed by atoms with Crippen LogP contribution in [0.5, 0.6) is 0 Å². The van der Waals surface area contributed by atoms with Crippen molar-refractivity contribution >= 4 is 5.97 Å². The average Bonchev–Trinajstić information content (AvgIpc) is 2.85. The molecule has 0 spiro atoms. The summed E-state index contributed by atoms with van der Waals surface area (Å²) in [6.07, 6.45) is 6.48. The summed E-state index contributed by atoms with van der Waals surface area (Å²) in [7, 11) is 1.97. The lowest BCUT2D eigenvalue weighted by Crippen LogP contribution is -2.21. The Morgan fingerprint density at radius 3 is 2.43 bits per heavy atom. The van der Waals surface area contributed by atoms with Crippen LogP contribution in [0.2, 0.25) is 0 Å². The van der Waals surface area contributed by atoms with Gasteiger partial charge in [-0.05, 0) is 58.9 Å². The van der Waals surface area contributed by atoms with Crippen molar-refractivity contribution in [2.75, 3.05) is 13.6 Å². The van der Waals surface area contributed by atoms with E-state index in [1.165, 1.54) is 12.1 Å². The van der Waals surface area contributed by atoms with Crippen LogP contribution in [-0.4, -0.2) is 35.6 Å². The van der Waals surface area contributed by atoms with Crippen molar-refractivity contribution in [3.63, 3.8) is 0 Å². The highest BCUT2D eigenvalue weighted by Crippen LogP contribution is 2.35. The van der Waals surface area contributed by atoms with Crippen molar-refractivity contribution in [1.29, 1.82) is 0 Å². The van der Waals surface area contributed by atoms with E-state index in [2.05, 4.69) is 24.2 Å². The number of nitrogens with zero attached hydrogens (tertiary/aromatic N) is 2. The Morgan fingerprint density at radius 1 is 1.09 bits per heavy atom. The molecule has 0 amide bonds. The maximum Gasteiger partial charge on any atom is 0.338 e. The maximum atomic E-state index is 14.2. The number of likely N-dealkylation sites (N-methyl/N-ethyl adjacent to an activating group) is 1. The second kappa shape index (κ2) is 10.5. The molecule has 0 aliphatic carbocycles. The zero-order chi connectivity index (χ0) is 24.9. The highest BCUT2D eigenvalue weighted by molar-refractivity contribution is 5.88. The molecule has 6 heteroatoms. The summed E-state index contributed by atoms with van der Waals surface area (Å²) < 4.78 is 14.2. The smallest absolute Gasteiger partial charge is 0.338 e. The summed E-state index contributed by atoms with van der Waals surface area (Å²) >= 11 is 0. The number of aromatic carboxylic acids is 1. The third-order valence-corrected chi connectivity index (χ3v) is 6.45. The number of hydrogen-bond donors (Lipinski definition) is 1. The van der Waals surface area contributed by atoms with Gasteiger partial charge in [-0.15, -0.1) is 0 Å². The summed E-state index contributed by atoms with van der Waals surface area (Å²) in [6, 6.07) is 19.5. The van der Waals surface area contributed by atoms with Crippen LogP contribution in [0.25, 0.3) is 11.1 Å². The van der Waals surface area contributed by atoms with Gasteiger partial charge < -0.3 is 10.0 Å². The van der Waals surface area contributed by atoms with Crippen molar-refractivity contribution in [3.05, 3.63) is 124 Å². The Kier molecular flexibility index (Phi) is 7.20. The van der Waals surface area contributed by atoms with Crippen molar-refractivity contribution in [3.8, 4) is 11.1 Å². The summed E-state index contributed by atoms with van der Waals surface area (Å²) in [5, 5.41) is 12.6. The Hall–Kier alpha value is -4.06. The molecule has 1 heterocycles. The van der Waals surface area contributed by atoms with Gasteiger partial charge in [0, 0.05) is 25.7 Å². The van der Waals surface area contributed by atoms with Crippen LogP contribution in [0.15, 0.2) is 95.8 Å². The molecule has 35 heavy (non-hydrogen) atoms. The number of halogens is 1. The molecule has 5 nitrogen and oxygen atoms in total. The Balaban J connectivity index is 1.68. The van der Waals surface area contributed by atoms with Gasteiger partial charge in [0.2, 0.25) is 0 Å². The van der Waals surface area contributed by atoms with E-state index in [0.717, 1.165) is 34.4 Å². The molecule has 1 aliphatic rings. The predicted octanol–water partition coefficient (Wildman–Crippen LogP) is 6.54. The Bertz CT molecular complexity index is 1300. The first-order valence-electron chi connectivity index (χ1n) is 11.5. The largest absolute Gasteiger partial charge is 0.478 e. The van der Waals surface area contributed by atoms with Crippen LogP contribution in [0.1, 0.15) is 39.4 Å². The van der Waals surface area contributed by atoms with Gasteiger partial charge in [0.15, 0.2) is 0 Å². The zero-order valence-electron chi connectivity index (χ0n) is 19.7. The Labute approximate surface area is 204 Å². The number of rotatable bonds is 8. The molecule has 0 radical (unpaired) electrons. The molecule has 4 rings (SSSR count). The highest BCUT2D eigenvalue weighted by atomic mass is 19.1. The lowest BCUT2D eigenvalue weighted by molar-refractivity contribution is 0.0692. The minimum atomic E-state index is -1.29. The quantitative estimate of drug-likeness (QED) is 0.380. The standard InChI is InChI=1S/C29H27FN2O3/c1-19-6-3-4-8-24(19)26(17-28(31-35)23-7-5-15-32(2)18-23)21-11-9-20(10-12-21)22-13-14-25(29(33)34)27(30)16-22/h3-14,16,18,26,28H,15,17H2,1-2H3,(H,33,34). The van der Waals surface area contributed by atoms with Gasteiger partial charge in [0.1, 0.15) is 11.9 Å². The lowest BCUT2D eigenvalue weighted by atomic mass is 9.82. The molecule has 1 aliphatic heterocycles. The van der Waals surface area contributed by atoms with Gasteiger partial charge in [-0.2, -0.15) is 4.91 Å². The summed E-state index contributed by atoms with van der Waals surface area (Å²) in [5.41, 5.74) is 5.18. The van der Waals surface area contributed by atoms with Gasteiger partial charge in [-0.3, -0.25) is 0 Å².